The molecule has 6 heteroatoms. The molecule has 5 nitrogen and oxygen atoms in total. The Morgan fingerprint density at radius 2 is 1.08 bits per heavy atom. The molecule has 124 valence electrons. The first-order chi connectivity index (χ1) is 11.6. The Bertz CT molecular complexity index is 726. The largest absolute Gasteiger partial charge is 0.744 e. The lowest BCUT2D eigenvalue weighted by atomic mass is 10.1. The molecular formula is C18H16O5P-. The van der Waals surface area contributed by atoms with E-state index in [0.29, 0.717) is 0 Å². The van der Waals surface area contributed by atoms with Gasteiger partial charge in [0, 0.05) is 0 Å². The molecule has 24 heavy (non-hydrogen) atoms. The Balaban J connectivity index is 0.000000174. The zero-order valence-corrected chi connectivity index (χ0v) is 13.6. The van der Waals surface area contributed by atoms with E-state index in [4.69, 9.17) is 5.26 Å². The molecule has 0 aromatic heterocycles. The summed E-state index contributed by atoms with van der Waals surface area (Å²) in [4.78, 5) is 10.5. The highest BCUT2D eigenvalue weighted by Crippen LogP contribution is 2.37. The zero-order valence-electron chi connectivity index (χ0n) is 12.7. The lowest BCUT2D eigenvalue weighted by Gasteiger charge is -2.18. The number of para-hydroxylation sites is 1. The minimum atomic E-state index is -4.59. The molecule has 0 saturated carbocycles. The van der Waals surface area contributed by atoms with Gasteiger partial charge in [-0.3, -0.25) is 4.57 Å². The monoisotopic (exact) mass is 343 g/mol. The number of hydrogen-bond acceptors (Lipinski definition) is 5. The third-order valence-corrected chi connectivity index (χ3v) is 3.58. The number of benzene rings is 3. The first kappa shape index (κ1) is 17.9. The second-order valence-electron chi connectivity index (χ2n) is 4.67. The standard InChI is InChI=1S/C12H10.C6H7O5P/c1-3-7-11(8-4-1)12-9-5-2-6-10-12;7-11-12(8,9)10-6-4-2-1-3-5-6/h1-10H;1-5,7H,(H,8,9)/p-1. The lowest BCUT2D eigenvalue weighted by molar-refractivity contribution is -0.275. The van der Waals surface area contributed by atoms with Crippen LogP contribution in [0.1, 0.15) is 0 Å². The molecule has 0 saturated heterocycles. The summed E-state index contributed by atoms with van der Waals surface area (Å²) in [7, 11) is -4.59. The van der Waals surface area contributed by atoms with Crippen LogP contribution in [0.3, 0.4) is 0 Å². The first-order valence-electron chi connectivity index (χ1n) is 7.10. The number of phosphoric ester groups is 1. The van der Waals surface area contributed by atoms with Crippen molar-refractivity contribution < 1.29 is 23.9 Å². The third-order valence-electron chi connectivity index (χ3n) is 2.94. The molecule has 0 bridgehead atoms. The quantitative estimate of drug-likeness (QED) is 0.432. The van der Waals surface area contributed by atoms with E-state index in [1.54, 1.807) is 18.2 Å². The molecule has 0 fully saturated rings. The van der Waals surface area contributed by atoms with Gasteiger partial charge in [0.15, 0.2) is 0 Å². The topological polar surface area (TPSA) is 78.8 Å². The fraction of sp³-hybridized carbons (Fsp3) is 0. The van der Waals surface area contributed by atoms with Gasteiger partial charge in [-0.15, -0.1) is 0 Å². The molecular weight excluding hydrogens is 327 g/mol. The minimum Gasteiger partial charge on any atom is -0.744 e. The van der Waals surface area contributed by atoms with Crippen molar-refractivity contribution in [3.63, 3.8) is 0 Å². The molecule has 0 radical (unpaired) electrons. The Hall–Kier alpha value is -2.43. The van der Waals surface area contributed by atoms with Crippen molar-refractivity contribution in [3.05, 3.63) is 91.0 Å². The molecule has 3 aromatic carbocycles. The Morgan fingerprint density at radius 1 is 0.708 bits per heavy atom. The van der Waals surface area contributed by atoms with Gasteiger partial charge in [-0.2, -0.15) is 4.67 Å². The van der Waals surface area contributed by atoms with Gasteiger partial charge < -0.3 is 9.42 Å². The van der Waals surface area contributed by atoms with E-state index in [1.165, 1.54) is 23.3 Å². The second kappa shape index (κ2) is 9.01. The second-order valence-corrected chi connectivity index (χ2v) is 5.91. The molecule has 3 aromatic rings. The van der Waals surface area contributed by atoms with Crippen LogP contribution in [0, 0.1) is 0 Å². The molecule has 0 aliphatic carbocycles. The van der Waals surface area contributed by atoms with Crippen LogP contribution in [-0.2, 0) is 9.24 Å². The van der Waals surface area contributed by atoms with Gasteiger partial charge >= 0.3 is 7.82 Å². The number of rotatable bonds is 4. The van der Waals surface area contributed by atoms with Crippen molar-refractivity contribution in [2.45, 2.75) is 0 Å². The minimum absolute atomic E-state index is 0.0879. The first-order valence-corrected chi connectivity index (χ1v) is 8.56. The molecule has 0 heterocycles. The van der Waals surface area contributed by atoms with Crippen molar-refractivity contribution >= 4 is 7.82 Å². The van der Waals surface area contributed by atoms with Crippen LogP contribution in [0.25, 0.3) is 11.1 Å². The smallest absolute Gasteiger partial charge is 0.347 e. The van der Waals surface area contributed by atoms with E-state index >= 15 is 0 Å². The molecule has 0 spiro atoms. The fourth-order valence-corrected chi connectivity index (χ4v) is 2.30. The molecule has 0 amide bonds. The fourth-order valence-electron chi connectivity index (χ4n) is 1.89. The van der Waals surface area contributed by atoms with Crippen LogP contribution in [-0.4, -0.2) is 5.26 Å². The van der Waals surface area contributed by atoms with Crippen molar-refractivity contribution in [1.82, 2.24) is 0 Å². The summed E-state index contributed by atoms with van der Waals surface area (Å²) in [6.45, 7) is 0. The number of hydrogen-bond donors (Lipinski definition) is 1. The third kappa shape index (κ3) is 5.99. The van der Waals surface area contributed by atoms with Crippen LogP contribution in [0.5, 0.6) is 5.75 Å². The molecule has 0 aliphatic rings. The van der Waals surface area contributed by atoms with Crippen LogP contribution in [0.4, 0.5) is 0 Å². The SMILES string of the molecule is O=P([O-])(OO)Oc1ccccc1.c1ccc(-c2ccccc2)cc1. The highest BCUT2D eigenvalue weighted by atomic mass is 31.2. The van der Waals surface area contributed by atoms with Crippen molar-refractivity contribution in [2.24, 2.45) is 0 Å². The Kier molecular flexibility index (Phi) is 6.73. The molecule has 1 atom stereocenters. The Morgan fingerprint density at radius 3 is 1.46 bits per heavy atom. The van der Waals surface area contributed by atoms with Crippen molar-refractivity contribution in [2.75, 3.05) is 0 Å². The van der Waals surface area contributed by atoms with Gasteiger partial charge in [-0.25, -0.2) is 5.26 Å². The van der Waals surface area contributed by atoms with Crippen LogP contribution in [0.15, 0.2) is 91.0 Å². The Labute approximate surface area is 140 Å². The summed E-state index contributed by atoms with van der Waals surface area (Å²) in [5.41, 5.74) is 2.55. The molecule has 1 unspecified atom stereocenters. The highest BCUT2D eigenvalue weighted by Gasteiger charge is 2.09. The van der Waals surface area contributed by atoms with Gasteiger partial charge in [0.05, 0.1) is 0 Å². The summed E-state index contributed by atoms with van der Waals surface area (Å²) in [6, 6.07) is 28.5. The van der Waals surface area contributed by atoms with E-state index < -0.39 is 7.82 Å². The van der Waals surface area contributed by atoms with E-state index in [9.17, 15) is 9.46 Å². The maximum Gasteiger partial charge on any atom is 0.347 e. The average Bonchev–Trinajstić information content (AvgIpc) is 2.64. The van der Waals surface area contributed by atoms with Gasteiger partial charge in [0.1, 0.15) is 5.75 Å². The predicted molar refractivity (Wildman–Crippen MR) is 90.3 cm³/mol. The average molecular weight is 343 g/mol. The number of phosphoric acid groups is 1. The van der Waals surface area contributed by atoms with Gasteiger partial charge in [-0.05, 0) is 23.3 Å². The van der Waals surface area contributed by atoms with E-state index in [1.807, 2.05) is 12.1 Å². The van der Waals surface area contributed by atoms with Crippen molar-refractivity contribution in [3.8, 4) is 16.9 Å². The van der Waals surface area contributed by atoms with Gasteiger partial charge in [0.2, 0.25) is 0 Å². The van der Waals surface area contributed by atoms with Crippen LogP contribution < -0.4 is 9.42 Å². The normalized spacial score (nSPS) is 12.4. The lowest BCUT2D eigenvalue weighted by Crippen LogP contribution is -2.08. The van der Waals surface area contributed by atoms with Gasteiger partial charge in [0.25, 0.3) is 0 Å². The highest BCUT2D eigenvalue weighted by molar-refractivity contribution is 7.46. The summed E-state index contributed by atoms with van der Waals surface area (Å²) in [5, 5.41) is 7.85. The maximum absolute atomic E-state index is 10.5. The predicted octanol–water partition coefficient (Wildman–Crippen LogP) is 4.38. The van der Waals surface area contributed by atoms with Gasteiger partial charge in [-0.1, -0.05) is 78.9 Å². The van der Waals surface area contributed by atoms with E-state index in [2.05, 4.69) is 57.7 Å². The molecule has 0 aliphatic heterocycles. The summed E-state index contributed by atoms with van der Waals surface area (Å²) < 4.78 is 17.9. The molecule has 1 N–H and O–H groups in total. The van der Waals surface area contributed by atoms with Crippen molar-refractivity contribution in [1.29, 1.82) is 0 Å². The van der Waals surface area contributed by atoms with E-state index in [-0.39, 0.29) is 5.75 Å². The molecule has 3 rings (SSSR count). The van der Waals surface area contributed by atoms with Crippen LogP contribution >= 0.6 is 7.82 Å². The summed E-state index contributed by atoms with van der Waals surface area (Å²) in [5.74, 6) is 0.0879. The summed E-state index contributed by atoms with van der Waals surface area (Å²) in [6.07, 6.45) is 0. The van der Waals surface area contributed by atoms with Crippen LogP contribution in [0.2, 0.25) is 0 Å². The summed E-state index contributed by atoms with van der Waals surface area (Å²) >= 11 is 0. The zero-order chi connectivity index (χ0) is 17.3. The van der Waals surface area contributed by atoms with E-state index in [0.717, 1.165) is 0 Å². The maximum atomic E-state index is 10.5.